The molecule has 25 nitrogen and oxygen atoms in total. The second-order valence-corrected chi connectivity index (χ2v) is 18.3. The first-order chi connectivity index (χ1) is 33.8. The fraction of sp³-hybridized carbons (Fsp3) is 0.600. The molecule has 1 aromatic rings. The summed E-state index contributed by atoms with van der Waals surface area (Å²) in [5.41, 5.74) is 11.3. The molecule has 14 N–H and O–H groups in total. The summed E-state index contributed by atoms with van der Waals surface area (Å²) in [7, 11) is 1.71. The average Bonchev–Trinajstić information content (AvgIpc) is 3.58. The van der Waals surface area contributed by atoms with Gasteiger partial charge in [-0.15, -0.1) is 11.8 Å². The number of benzene rings is 1. The van der Waals surface area contributed by atoms with Crippen molar-refractivity contribution in [1.82, 2.24) is 47.4 Å². The van der Waals surface area contributed by atoms with Crippen molar-refractivity contribution in [3.8, 4) is 5.75 Å². The zero-order valence-corrected chi connectivity index (χ0v) is 40.9. The summed E-state index contributed by atoms with van der Waals surface area (Å²) in [6.45, 7) is 1.38. The fourth-order valence-corrected chi connectivity index (χ4v) is 8.63. The van der Waals surface area contributed by atoms with E-state index in [9.17, 15) is 63.0 Å². The van der Waals surface area contributed by atoms with Crippen molar-refractivity contribution < 1.29 is 63.0 Å². The van der Waals surface area contributed by atoms with E-state index >= 15 is 0 Å². The normalized spacial score (nSPS) is 20.5. The Morgan fingerprint density at radius 2 is 1.38 bits per heavy atom. The summed E-state index contributed by atoms with van der Waals surface area (Å²) in [6, 6.07) is -0.245. The van der Waals surface area contributed by atoms with Gasteiger partial charge in [0.1, 0.15) is 35.7 Å². The molecule has 0 aliphatic carbocycles. The number of guanidine groups is 1. The summed E-state index contributed by atoms with van der Waals surface area (Å²) in [5, 5.41) is 39.5. The number of likely N-dealkylation sites (tertiary alicyclic amines) is 1. The van der Waals surface area contributed by atoms with Crippen LogP contribution in [0, 0.1) is 0 Å². The highest BCUT2D eigenvalue weighted by Gasteiger charge is 2.39. The van der Waals surface area contributed by atoms with Gasteiger partial charge in [0, 0.05) is 57.6 Å². The number of Topliss-reactive ketones (excluding diaryl/α,β-unsaturated/α-hetero) is 1. The number of likely N-dealkylation sites (N-methyl/N-ethyl adjacent to an activating group) is 1. The first-order valence-electron chi connectivity index (χ1n) is 23.5. The minimum atomic E-state index is -1.67. The highest BCUT2D eigenvalue weighted by Crippen LogP contribution is 2.26. The van der Waals surface area contributed by atoms with Crippen LogP contribution in [0.2, 0.25) is 0 Å². The number of carboxylic acids is 1. The largest absolute Gasteiger partial charge is 0.508 e. The van der Waals surface area contributed by atoms with Gasteiger partial charge in [0.25, 0.3) is 0 Å². The van der Waals surface area contributed by atoms with Crippen LogP contribution in [0.25, 0.3) is 0 Å². The minimum absolute atomic E-state index is 0.0153. The topological polar surface area (TPSA) is 392 Å². The molecule has 0 aromatic heterocycles. The molecule has 2 fully saturated rings. The lowest BCUT2D eigenvalue weighted by molar-refractivity contribution is -0.141. The van der Waals surface area contributed by atoms with Gasteiger partial charge >= 0.3 is 5.97 Å². The molecule has 6 atom stereocenters. The van der Waals surface area contributed by atoms with E-state index in [0.717, 1.165) is 23.1 Å². The number of carbonyl (C=O) groups is 11. The van der Waals surface area contributed by atoms with E-state index in [0.29, 0.717) is 31.4 Å². The Labute approximate surface area is 415 Å². The Morgan fingerprint density at radius 3 is 2.01 bits per heavy atom. The number of phenolic OH excluding ortho intramolecular Hbond substituents is 1. The number of unbranched alkanes of at least 4 members (excludes halogenated alkanes) is 2. The number of amides is 9. The van der Waals surface area contributed by atoms with E-state index in [1.165, 1.54) is 31.2 Å². The number of hydrogen-bond donors (Lipinski definition) is 12. The average molecular weight is 1020 g/mol. The molecule has 9 amide bonds. The molecular weight excluding hydrogens is 949 g/mol. The van der Waals surface area contributed by atoms with Crippen molar-refractivity contribution in [3.63, 3.8) is 0 Å². The number of carboxylic acid groups (broad SMARTS) is 1. The third-order valence-corrected chi connectivity index (χ3v) is 12.6. The smallest absolute Gasteiger partial charge is 0.305 e. The van der Waals surface area contributed by atoms with Crippen LogP contribution in [0.1, 0.15) is 89.5 Å². The van der Waals surface area contributed by atoms with Gasteiger partial charge in [-0.3, -0.25) is 62.6 Å². The second kappa shape index (κ2) is 30.7. The summed E-state index contributed by atoms with van der Waals surface area (Å²) < 4.78 is 0. The van der Waals surface area contributed by atoms with Gasteiger partial charge < -0.3 is 64.2 Å². The summed E-state index contributed by atoms with van der Waals surface area (Å²) in [6.07, 6.45) is 1.58. The first kappa shape index (κ1) is 58.5. The predicted molar refractivity (Wildman–Crippen MR) is 259 cm³/mol. The number of imide groups is 1. The molecule has 0 spiro atoms. The quantitative estimate of drug-likeness (QED) is 0.0180. The van der Waals surface area contributed by atoms with Crippen molar-refractivity contribution in [2.45, 2.75) is 126 Å². The fourth-order valence-electron chi connectivity index (χ4n) is 7.51. The number of thioether (sulfide) groups is 1. The Hall–Kier alpha value is -6.83. The van der Waals surface area contributed by atoms with Crippen LogP contribution in [-0.2, 0) is 59.2 Å². The monoisotopic (exact) mass is 1020 g/mol. The molecule has 26 heteroatoms. The zero-order chi connectivity index (χ0) is 52.5. The number of carbonyl (C=O) groups excluding carboxylic acids is 10. The Balaban J connectivity index is 1.60. The Bertz CT molecular complexity index is 2090. The standard InChI is InChI=1S/C45H68N12O13S/c1-26(58)29(48-2)8-3-5-17-49-35(60)15-20-57-38(63)24-34(44(57)70)71-21-16-36(61)50-18-6-4-9-31-42(68)55-32(22-27-11-13-28(59)14-12-27)43(69)56-33(23-39(64)65)40(66)52-25-37(62)53-30(41(67)54-31)10-7-19-51-45(46)47/h11-14,29-34,48,59H,3-10,15-25H2,1-2H3,(H,49,60)(H,50,61)(H,52,66)(H,53,62)(H,54,67)(H,55,68)(H,56,69)(H,64,65)(H4,46,47,51)/t29-,30-,31-,32-,33-,34?/m0/s1. The number of aliphatic carboxylic acids is 1. The van der Waals surface area contributed by atoms with Crippen molar-refractivity contribution in [1.29, 1.82) is 0 Å². The maximum Gasteiger partial charge on any atom is 0.305 e. The number of ketones is 1. The van der Waals surface area contributed by atoms with Crippen molar-refractivity contribution >= 4 is 82.6 Å². The molecule has 1 aromatic carbocycles. The number of nitrogens with one attached hydrogen (secondary N) is 8. The lowest BCUT2D eigenvalue weighted by Crippen LogP contribution is -2.58. The third kappa shape index (κ3) is 21.8. The second-order valence-electron chi connectivity index (χ2n) is 17.0. The van der Waals surface area contributed by atoms with Gasteiger partial charge in [-0.1, -0.05) is 12.1 Å². The molecular formula is C45H68N12O13S. The van der Waals surface area contributed by atoms with E-state index in [1.807, 2.05) is 0 Å². The van der Waals surface area contributed by atoms with Gasteiger partial charge in [0.05, 0.1) is 24.3 Å². The number of aliphatic imine (C=N–C) groups is 1. The van der Waals surface area contributed by atoms with E-state index in [1.54, 1.807) is 7.05 Å². The molecule has 1 unspecified atom stereocenters. The highest BCUT2D eigenvalue weighted by molar-refractivity contribution is 8.00. The van der Waals surface area contributed by atoms with E-state index < -0.39 is 89.7 Å². The first-order valence-corrected chi connectivity index (χ1v) is 24.5. The maximum atomic E-state index is 14.1. The number of nitrogens with zero attached hydrogens (tertiary/aromatic N) is 2. The van der Waals surface area contributed by atoms with Crippen LogP contribution in [0.3, 0.4) is 0 Å². The number of rotatable bonds is 27. The molecule has 0 saturated carbocycles. The van der Waals surface area contributed by atoms with Crippen LogP contribution in [-0.4, -0.2) is 167 Å². The zero-order valence-electron chi connectivity index (χ0n) is 40.1. The Morgan fingerprint density at radius 1 is 0.789 bits per heavy atom. The van der Waals surface area contributed by atoms with Crippen LogP contribution in [0.15, 0.2) is 29.3 Å². The third-order valence-electron chi connectivity index (χ3n) is 11.4. The summed E-state index contributed by atoms with van der Waals surface area (Å²) in [5.74, 6) is -7.39. The maximum absolute atomic E-state index is 14.1. The van der Waals surface area contributed by atoms with Crippen molar-refractivity contribution in [2.24, 2.45) is 16.5 Å². The molecule has 3 rings (SSSR count). The van der Waals surface area contributed by atoms with E-state index in [4.69, 9.17) is 11.5 Å². The number of hydrogen-bond acceptors (Lipinski definition) is 15. The van der Waals surface area contributed by atoms with Gasteiger partial charge in [0.2, 0.25) is 53.2 Å². The van der Waals surface area contributed by atoms with Crippen molar-refractivity contribution in [3.05, 3.63) is 29.8 Å². The van der Waals surface area contributed by atoms with Crippen LogP contribution in [0.5, 0.6) is 5.75 Å². The molecule has 392 valence electrons. The van der Waals surface area contributed by atoms with E-state index in [2.05, 4.69) is 47.5 Å². The van der Waals surface area contributed by atoms with Crippen molar-refractivity contribution in [2.75, 3.05) is 45.5 Å². The number of aromatic hydroxyl groups is 1. The van der Waals surface area contributed by atoms with Gasteiger partial charge in [-0.2, -0.15) is 0 Å². The molecule has 2 aliphatic rings. The lowest BCUT2D eigenvalue weighted by Gasteiger charge is -2.26. The summed E-state index contributed by atoms with van der Waals surface area (Å²) >= 11 is 1.16. The highest BCUT2D eigenvalue weighted by atomic mass is 32.2. The molecule has 2 aliphatic heterocycles. The number of phenols is 1. The van der Waals surface area contributed by atoms with Gasteiger partial charge in [0.15, 0.2) is 5.96 Å². The Kier molecular flexibility index (Phi) is 25.3. The predicted octanol–water partition coefficient (Wildman–Crippen LogP) is -3.08. The molecule has 2 saturated heterocycles. The van der Waals surface area contributed by atoms with Gasteiger partial charge in [-0.05, 0) is 83.0 Å². The number of nitrogens with two attached hydrogens (primary N) is 2. The molecule has 0 radical (unpaired) electrons. The van der Waals surface area contributed by atoms with Crippen LogP contribution < -0.4 is 54.0 Å². The lowest BCUT2D eigenvalue weighted by atomic mass is 10.0. The van der Waals surface area contributed by atoms with E-state index in [-0.39, 0.29) is 112 Å². The SMILES string of the molecule is CN[C@@H](CCCCNC(=O)CCN1C(=O)CC(SCCC(=O)NCCCC[C@@H]2NC(=O)[C@H](CCCN=C(N)N)NC(=O)CNC(=O)[C@H](CC(=O)O)NC(=O)[C@H](Cc3ccc(O)cc3)NC2=O)C1=O)C(C)=O. The molecule has 2 heterocycles. The molecule has 0 bridgehead atoms. The van der Waals surface area contributed by atoms with Crippen LogP contribution >= 0.6 is 11.8 Å². The summed E-state index contributed by atoms with van der Waals surface area (Å²) in [4.78, 5) is 147. The van der Waals surface area contributed by atoms with Gasteiger partial charge in [-0.25, -0.2) is 0 Å². The van der Waals surface area contributed by atoms with Crippen LogP contribution in [0.4, 0.5) is 0 Å². The minimum Gasteiger partial charge on any atom is -0.508 e. The molecule has 71 heavy (non-hydrogen) atoms.